The van der Waals surface area contributed by atoms with Gasteiger partial charge in [-0.15, -0.1) is 11.3 Å². The van der Waals surface area contributed by atoms with Gasteiger partial charge < -0.3 is 14.6 Å². The topological polar surface area (TPSA) is 45.5 Å². The smallest absolute Gasteiger partial charge is 0.261 e. The summed E-state index contributed by atoms with van der Waals surface area (Å²) < 4.78 is 19.1. The van der Waals surface area contributed by atoms with Crippen molar-refractivity contribution in [2.24, 2.45) is 0 Å². The van der Waals surface area contributed by atoms with Gasteiger partial charge in [-0.05, 0) is 80.8 Å². The number of piperidine rings is 1. The molecule has 1 amide bonds. The lowest BCUT2D eigenvalue weighted by molar-refractivity contribution is 0.0960. The van der Waals surface area contributed by atoms with Crippen LogP contribution in [0.4, 0.5) is 4.39 Å². The molecule has 0 bridgehead atoms. The van der Waals surface area contributed by atoms with Crippen molar-refractivity contribution in [3.05, 3.63) is 56.7 Å². The summed E-state index contributed by atoms with van der Waals surface area (Å²) in [5.74, 6) is 0.333. The largest absolute Gasteiger partial charge is 0.464 e. The Balaban J connectivity index is 1.22. The second-order valence-electron chi connectivity index (χ2n) is 8.72. The summed E-state index contributed by atoms with van der Waals surface area (Å²) in [5.41, 5.74) is 4.59. The molecule has 164 valence electrons. The molecule has 1 N–H and O–H groups in total. The number of thiophene rings is 1. The molecular formula is C25H29FN2O2S. The summed E-state index contributed by atoms with van der Waals surface area (Å²) in [6, 6.07) is 4.84. The fourth-order valence-corrected chi connectivity index (χ4v) is 6.57. The maximum atomic E-state index is 13.4. The fourth-order valence-electron chi connectivity index (χ4n) is 5.23. The quantitative estimate of drug-likeness (QED) is 0.586. The molecule has 2 aliphatic heterocycles. The van der Waals surface area contributed by atoms with E-state index in [0.717, 1.165) is 75.0 Å². The van der Waals surface area contributed by atoms with Crippen molar-refractivity contribution in [2.45, 2.75) is 51.4 Å². The van der Waals surface area contributed by atoms with Gasteiger partial charge in [0.25, 0.3) is 5.91 Å². The van der Waals surface area contributed by atoms with Gasteiger partial charge in [0.2, 0.25) is 0 Å². The molecule has 4 nitrogen and oxygen atoms in total. The van der Waals surface area contributed by atoms with E-state index >= 15 is 0 Å². The normalized spacial score (nSPS) is 18.2. The maximum absolute atomic E-state index is 13.4. The minimum atomic E-state index is -0.252. The van der Waals surface area contributed by atoms with Crippen molar-refractivity contribution in [3.8, 4) is 0 Å². The highest BCUT2D eigenvalue weighted by molar-refractivity contribution is 7.14. The van der Waals surface area contributed by atoms with E-state index in [9.17, 15) is 9.18 Å². The molecule has 0 radical (unpaired) electrons. The van der Waals surface area contributed by atoms with Crippen molar-refractivity contribution in [1.29, 1.82) is 0 Å². The van der Waals surface area contributed by atoms with Crippen molar-refractivity contribution in [2.75, 3.05) is 26.2 Å². The van der Waals surface area contributed by atoms with Crippen molar-refractivity contribution in [1.82, 2.24) is 10.2 Å². The van der Waals surface area contributed by atoms with E-state index in [2.05, 4.69) is 17.1 Å². The Labute approximate surface area is 186 Å². The highest BCUT2D eigenvalue weighted by Gasteiger charge is 2.26. The third-order valence-corrected chi connectivity index (χ3v) is 8.23. The van der Waals surface area contributed by atoms with Crippen LogP contribution in [0, 0.1) is 5.82 Å². The Hall–Kier alpha value is -2.18. The number of nitrogens with zero attached hydrogens (tertiary/aromatic N) is 1. The maximum Gasteiger partial charge on any atom is 0.261 e. The molecule has 1 fully saturated rings. The van der Waals surface area contributed by atoms with E-state index in [1.165, 1.54) is 33.7 Å². The second kappa shape index (κ2) is 8.75. The molecule has 1 saturated heterocycles. The number of hydrogen-bond acceptors (Lipinski definition) is 4. The monoisotopic (exact) mass is 440 g/mol. The van der Waals surface area contributed by atoms with Crippen molar-refractivity contribution >= 4 is 28.2 Å². The number of amides is 1. The lowest BCUT2D eigenvalue weighted by atomic mass is 9.89. The third kappa shape index (κ3) is 4.03. The van der Waals surface area contributed by atoms with Crippen LogP contribution in [0.3, 0.4) is 0 Å². The zero-order valence-electron chi connectivity index (χ0n) is 18.0. The first-order valence-electron chi connectivity index (χ1n) is 11.4. The summed E-state index contributed by atoms with van der Waals surface area (Å²) in [4.78, 5) is 17.3. The van der Waals surface area contributed by atoms with E-state index < -0.39 is 0 Å². The van der Waals surface area contributed by atoms with E-state index in [-0.39, 0.29) is 11.7 Å². The van der Waals surface area contributed by atoms with Gasteiger partial charge in [0.15, 0.2) is 0 Å². The van der Waals surface area contributed by atoms with Gasteiger partial charge in [0.05, 0.1) is 11.1 Å². The predicted octanol–water partition coefficient (Wildman–Crippen LogP) is 5.29. The number of hydrogen-bond donors (Lipinski definition) is 1. The van der Waals surface area contributed by atoms with Crippen LogP contribution in [0.25, 0.3) is 11.0 Å². The lowest BCUT2D eigenvalue weighted by Crippen LogP contribution is -2.34. The molecular weight excluding hydrogens is 411 g/mol. The van der Waals surface area contributed by atoms with Crippen LogP contribution >= 0.6 is 11.3 Å². The standard InChI is InChI=1S/C25H29FN2O2S/c1-2-18-20-4-3-10-27-25(29)24(20)31-23(18)9-13-28-11-7-16(8-12-28)21-15-30-22-14-17(26)5-6-19(21)22/h5-6,14-16H,2-4,7-13H2,1H3,(H,27,29). The molecule has 2 aliphatic rings. The first-order valence-corrected chi connectivity index (χ1v) is 12.3. The van der Waals surface area contributed by atoms with Crippen LogP contribution in [-0.4, -0.2) is 37.0 Å². The Morgan fingerprint density at radius 3 is 2.94 bits per heavy atom. The van der Waals surface area contributed by atoms with Crippen LogP contribution < -0.4 is 5.32 Å². The van der Waals surface area contributed by atoms with E-state index in [0.29, 0.717) is 11.5 Å². The molecule has 0 unspecified atom stereocenters. The molecule has 1 aromatic carbocycles. The first-order chi connectivity index (χ1) is 15.1. The zero-order chi connectivity index (χ0) is 21.4. The molecule has 0 spiro atoms. The van der Waals surface area contributed by atoms with Crippen molar-refractivity contribution < 1.29 is 13.6 Å². The lowest BCUT2D eigenvalue weighted by Gasteiger charge is -2.31. The molecule has 6 heteroatoms. The number of halogens is 1. The van der Waals surface area contributed by atoms with Crippen molar-refractivity contribution in [3.63, 3.8) is 0 Å². The highest BCUT2D eigenvalue weighted by atomic mass is 32.1. The number of benzene rings is 1. The molecule has 0 atom stereocenters. The van der Waals surface area contributed by atoms with Crippen LogP contribution in [0.5, 0.6) is 0 Å². The summed E-state index contributed by atoms with van der Waals surface area (Å²) >= 11 is 1.72. The SMILES string of the molecule is CCc1c(CCN2CCC(c3coc4cc(F)ccc34)CC2)sc2c1CCCNC2=O. The first kappa shape index (κ1) is 20.7. The average Bonchev–Trinajstić information content (AvgIpc) is 3.31. The molecule has 2 aromatic heterocycles. The minimum absolute atomic E-state index is 0.117. The summed E-state index contributed by atoms with van der Waals surface area (Å²) in [6.07, 6.45) is 8.08. The second-order valence-corrected chi connectivity index (χ2v) is 9.83. The van der Waals surface area contributed by atoms with Gasteiger partial charge in [-0.1, -0.05) is 6.92 Å². The number of furan rings is 1. The van der Waals surface area contributed by atoms with Crippen LogP contribution in [0.1, 0.15) is 63.3 Å². The molecule has 0 saturated carbocycles. The number of carbonyl (C=O) groups is 1. The van der Waals surface area contributed by atoms with Crippen LogP contribution in [0.15, 0.2) is 28.9 Å². The molecule has 5 rings (SSSR count). The zero-order valence-corrected chi connectivity index (χ0v) is 18.8. The van der Waals surface area contributed by atoms with E-state index in [4.69, 9.17) is 4.42 Å². The average molecular weight is 441 g/mol. The summed E-state index contributed by atoms with van der Waals surface area (Å²) in [5, 5.41) is 4.08. The molecule has 3 aromatic rings. The minimum Gasteiger partial charge on any atom is -0.464 e. The number of rotatable bonds is 5. The Morgan fingerprint density at radius 1 is 1.29 bits per heavy atom. The Morgan fingerprint density at radius 2 is 2.13 bits per heavy atom. The van der Waals surface area contributed by atoms with Gasteiger partial charge >= 0.3 is 0 Å². The van der Waals surface area contributed by atoms with E-state index in [1.807, 2.05) is 12.3 Å². The third-order valence-electron chi connectivity index (χ3n) is 6.90. The number of likely N-dealkylation sites (tertiary alicyclic amines) is 1. The van der Waals surface area contributed by atoms with Crippen LogP contribution in [-0.2, 0) is 19.3 Å². The van der Waals surface area contributed by atoms with Gasteiger partial charge in [0, 0.05) is 35.0 Å². The predicted molar refractivity (Wildman–Crippen MR) is 123 cm³/mol. The van der Waals surface area contributed by atoms with Gasteiger partial charge in [-0.25, -0.2) is 4.39 Å². The summed E-state index contributed by atoms with van der Waals surface area (Å²) in [7, 11) is 0. The number of carbonyl (C=O) groups excluding carboxylic acids is 1. The Bertz CT molecular complexity index is 1090. The summed E-state index contributed by atoms with van der Waals surface area (Å²) in [6.45, 7) is 6.16. The molecule has 4 heterocycles. The molecule has 0 aliphatic carbocycles. The number of fused-ring (bicyclic) bond motifs is 2. The Kier molecular flexibility index (Phi) is 5.85. The van der Waals surface area contributed by atoms with E-state index in [1.54, 1.807) is 11.3 Å². The van der Waals surface area contributed by atoms with Crippen LogP contribution in [0.2, 0.25) is 0 Å². The highest BCUT2D eigenvalue weighted by Crippen LogP contribution is 2.36. The van der Waals surface area contributed by atoms with Gasteiger partial charge in [-0.2, -0.15) is 0 Å². The van der Waals surface area contributed by atoms with Gasteiger partial charge in [0.1, 0.15) is 11.4 Å². The molecule has 31 heavy (non-hydrogen) atoms. The van der Waals surface area contributed by atoms with Gasteiger partial charge in [-0.3, -0.25) is 4.79 Å². The fraction of sp³-hybridized carbons (Fsp3) is 0.480. The number of nitrogens with one attached hydrogen (secondary N) is 1.